The number of sulfonamides is 2. The fraction of sp³-hybridized carbons (Fsp3) is 0.0870. The van der Waals surface area contributed by atoms with E-state index in [-0.39, 0.29) is 44.5 Å². The average Bonchev–Trinajstić information content (AvgIpc) is 3.85. The van der Waals surface area contributed by atoms with Gasteiger partial charge in [0.05, 0.1) is 16.9 Å². The van der Waals surface area contributed by atoms with Crippen LogP contribution < -0.4 is 14.2 Å². The highest BCUT2D eigenvalue weighted by Crippen LogP contribution is 2.35. The summed E-state index contributed by atoms with van der Waals surface area (Å²) in [6.45, 7) is 1.63. The van der Waals surface area contributed by atoms with E-state index in [9.17, 15) is 25.6 Å². The topological polar surface area (TPSA) is 154 Å². The first-order chi connectivity index (χ1) is 29.4. The summed E-state index contributed by atoms with van der Waals surface area (Å²) in [7, 11) is -6.42. The summed E-state index contributed by atoms with van der Waals surface area (Å²) in [6, 6.07) is 43.7. The number of hydrogen-bond donors (Lipinski definition) is 2. The van der Waals surface area contributed by atoms with Crippen LogP contribution in [0.3, 0.4) is 0 Å². The standard InChI is InChI=1S/C23H19FN2O4S.C23H19FN2O3S/c1-29-20-13-12-17(15-19(20)24)22-23(26-31(27,28)18-10-6-3-7-11-18)25-21(30-22)14-16-8-4-2-5-9-16;1-16-14-18(12-13-20(16)24)22-23(26-30(27,28)19-10-6-3-7-11-19)25-21(29-22)15-17-8-4-2-5-9-17/h2-13,15,26H,14H2,1H3;2-14,26H,15H2,1H3. The van der Waals surface area contributed by atoms with Gasteiger partial charge in [-0.2, -0.15) is 9.97 Å². The molecule has 61 heavy (non-hydrogen) atoms. The molecule has 8 aromatic rings. The number of benzene rings is 6. The second-order valence-electron chi connectivity index (χ2n) is 13.5. The summed E-state index contributed by atoms with van der Waals surface area (Å²) in [6.07, 6.45) is 0.737. The van der Waals surface area contributed by atoms with Crippen LogP contribution in [0.4, 0.5) is 20.4 Å². The number of aryl methyl sites for hydroxylation is 1. The maximum Gasteiger partial charge on any atom is 0.263 e. The van der Waals surface area contributed by atoms with E-state index < -0.39 is 25.9 Å². The van der Waals surface area contributed by atoms with Gasteiger partial charge in [0, 0.05) is 24.0 Å². The lowest BCUT2D eigenvalue weighted by Gasteiger charge is -2.08. The van der Waals surface area contributed by atoms with Crippen LogP contribution in [-0.4, -0.2) is 33.9 Å². The molecule has 2 heterocycles. The molecule has 0 saturated heterocycles. The molecular weight excluding hydrogens is 823 g/mol. The number of anilines is 2. The van der Waals surface area contributed by atoms with Crippen LogP contribution in [0.25, 0.3) is 22.6 Å². The second kappa shape index (κ2) is 18.4. The van der Waals surface area contributed by atoms with Gasteiger partial charge in [0.15, 0.2) is 34.7 Å². The number of aromatic nitrogens is 2. The van der Waals surface area contributed by atoms with Crippen LogP contribution in [0.2, 0.25) is 0 Å². The predicted molar refractivity (Wildman–Crippen MR) is 228 cm³/mol. The van der Waals surface area contributed by atoms with Crippen molar-refractivity contribution in [3.05, 3.63) is 198 Å². The highest BCUT2D eigenvalue weighted by molar-refractivity contribution is 7.93. The van der Waals surface area contributed by atoms with Gasteiger partial charge >= 0.3 is 0 Å². The van der Waals surface area contributed by atoms with Gasteiger partial charge in [0.2, 0.25) is 11.8 Å². The van der Waals surface area contributed by atoms with E-state index >= 15 is 0 Å². The molecule has 11 nitrogen and oxygen atoms in total. The highest BCUT2D eigenvalue weighted by atomic mass is 32.2. The third-order valence-corrected chi connectivity index (χ3v) is 11.9. The Morgan fingerprint density at radius 1 is 0.541 bits per heavy atom. The summed E-state index contributed by atoms with van der Waals surface area (Å²) in [4.78, 5) is 8.94. The second-order valence-corrected chi connectivity index (χ2v) is 16.9. The number of oxazole rings is 2. The van der Waals surface area contributed by atoms with Crippen molar-refractivity contribution >= 4 is 31.7 Å². The van der Waals surface area contributed by atoms with Crippen molar-refractivity contribution in [2.75, 3.05) is 16.6 Å². The quantitative estimate of drug-likeness (QED) is 0.115. The number of nitrogens with one attached hydrogen (secondary N) is 2. The van der Waals surface area contributed by atoms with Gasteiger partial charge in [-0.25, -0.2) is 25.6 Å². The lowest BCUT2D eigenvalue weighted by Crippen LogP contribution is -2.13. The summed E-state index contributed by atoms with van der Waals surface area (Å²) >= 11 is 0. The molecule has 0 bridgehead atoms. The zero-order valence-corrected chi connectivity index (χ0v) is 34.4. The summed E-state index contributed by atoms with van der Waals surface area (Å²) in [5, 5.41) is 0. The molecular formula is C46H38F2N4O7S2. The van der Waals surface area contributed by atoms with Crippen molar-refractivity contribution in [2.45, 2.75) is 29.6 Å². The molecule has 8 rings (SSSR count). The van der Waals surface area contributed by atoms with E-state index in [2.05, 4.69) is 19.4 Å². The van der Waals surface area contributed by atoms with Crippen molar-refractivity contribution in [3.63, 3.8) is 0 Å². The molecule has 0 unspecified atom stereocenters. The molecule has 310 valence electrons. The molecule has 0 fully saturated rings. The molecule has 2 aromatic heterocycles. The molecule has 2 N–H and O–H groups in total. The van der Waals surface area contributed by atoms with Gasteiger partial charge in [-0.1, -0.05) is 97.1 Å². The van der Waals surface area contributed by atoms with Crippen LogP contribution in [-0.2, 0) is 32.9 Å². The van der Waals surface area contributed by atoms with Crippen LogP contribution in [0, 0.1) is 18.6 Å². The number of hydrogen-bond acceptors (Lipinski definition) is 9. The van der Waals surface area contributed by atoms with E-state index in [1.165, 1.54) is 55.6 Å². The largest absolute Gasteiger partial charge is 0.494 e. The summed E-state index contributed by atoms with van der Waals surface area (Å²) in [5.41, 5.74) is 3.19. The first kappa shape index (κ1) is 42.0. The zero-order valence-electron chi connectivity index (χ0n) is 32.7. The molecule has 0 amide bonds. The number of nitrogens with zero attached hydrogens (tertiary/aromatic N) is 2. The molecule has 0 aliphatic heterocycles. The Labute approximate surface area is 351 Å². The van der Waals surface area contributed by atoms with E-state index in [1.54, 1.807) is 55.5 Å². The first-order valence-corrected chi connectivity index (χ1v) is 21.7. The van der Waals surface area contributed by atoms with Crippen LogP contribution >= 0.6 is 0 Å². The smallest absolute Gasteiger partial charge is 0.263 e. The normalized spacial score (nSPS) is 11.3. The molecule has 15 heteroatoms. The van der Waals surface area contributed by atoms with Crippen molar-refractivity contribution in [1.29, 1.82) is 0 Å². The SMILES string of the molecule is COc1ccc(-c2oc(Cc3ccccc3)nc2NS(=O)(=O)c2ccccc2)cc1F.Cc1cc(-c2oc(Cc3ccccc3)nc2NS(=O)(=O)c2ccccc2)ccc1F. The van der Waals surface area contributed by atoms with Gasteiger partial charge in [0.25, 0.3) is 20.0 Å². The minimum Gasteiger partial charge on any atom is -0.494 e. The number of halogens is 2. The highest BCUT2D eigenvalue weighted by Gasteiger charge is 2.24. The first-order valence-electron chi connectivity index (χ1n) is 18.7. The Balaban J connectivity index is 0.000000184. The Bertz CT molecular complexity index is 2970. The van der Waals surface area contributed by atoms with Gasteiger partial charge < -0.3 is 13.6 Å². The van der Waals surface area contributed by atoms with Gasteiger partial charge in [-0.15, -0.1) is 0 Å². The number of methoxy groups -OCH3 is 1. The third kappa shape index (κ3) is 10.4. The van der Waals surface area contributed by atoms with Gasteiger partial charge in [0.1, 0.15) is 5.82 Å². The maximum atomic E-state index is 14.3. The Morgan fingerprint density at radius 3 is 1.36 bits per heavy atom. The van der Waals surface area contributed by atoms with Gasteiger partial charge in [-0.05, 0) is 84.3 Å². The van der Waals surface area contributed by atoms with Crippen molar-refractivity contribution in [2.24, 2.45) is 0 Å². The average molecular weight is 861 g/mol. The Kier molecular flexibility index (Phi) is 12.7. The lowest BCUT2D eigenvalue weighted by atomic mass is 10.1. The van der Waals surface area contributed by atoms with Crippen molar-refractivity contribution in [3.8, 4) is 28.4 Å². The molecule has 0 aliphatic carbocycles. The Hall–Kier alpha value is -7.10. The molecule has 0 spiro atoms. The summed E-state index contributed by atoms with van der Waals surface area (Å²) < 4.78 is 101. The van der Waals surface area contributed by atoms with Crippen LogP contribution in [0.5, 0.6) is 5.75 Å². The minimum absolute atomic E-state index is 0.0145. The fourth-order valence-corrected chi connectivity index (χ4v) is 8.17. The molecule has 6 aromatic carbocycles. The van der Waals surface area contributed by atoms with Crippen molar-refractivity contribution < 1.29 is 39.2 Å². The van der Waals surface area contributed by atoms with E-state index in [0.717, 1.165) is 11.1 Å². The van der Waals surface area contributed by atoms with Crippen molar-refractivity contribution in [1.82, 2.24) is 9.97 Å². The van der Waals surface area contributed by atoms with E-state index in [1.807, 2.05) is 60.7 Å². The fourth-order valence-electron chi connectivity index (χ4n) is 6.12. The Morgan fingerprint density at radius 2 is 0.951 bits per heavy atom. The number of ether oxygens (including phenoxy) is 1. The molecule has 0 saturated carbocycles. The lowest BCUT2D eigenvalue weighted by molar-refractivity contribution is 0.386. The van der Waals surface area contributed by atoms with E-state index in [0.29, 0.717) is 41.3 Å². The number of rotatable bonds is 13. The third-order valence-electron chi connectivity index (χ3n) is 9.14. The van der Waals surface area contributed by atoms with Crippen LogP contribution in [0.1, 0.15) is 28.5 Å². The van der Waals surface area contributed by atoms with Gasteiger partial charge in [-0.3, -0.25) is 9.44 Å². The minimum atomic E-state index is -3.92. The van der Waals surface area contributed by atoms with E-state index in [4.69, 9.17) is 13.6 Å². The zero-order chi connectivity index (χ0) is 43.0. The monoisotopic (exact) mass is 860 g/mol. The molecule has 0 atom stereocenters. The summed E-state index contributed by atoms with van der Waals surface area (Å²) in [5.74, 6) is 0.170. The maximum absolute atomic E-state index is 14.3. The molecule has 0 radical (unpaired) electrons. The molecule has 0 aliphatic rings. The van der Waals surface area contributed by atoms with Crippen LogP contribution in [0.15, 0.2) is 176 Å². The predicted octanol–water partition coefficient (Wildman–Crippen LogP) is 10.1.